The summed E-state index contributed by atoms with van der Waals surface area (Å²) in [5.41, 5.74) is 8.34. The first-order valence-corrected chi connectivity index (χ1v) is 9.68. The van der Waals surface area contributed by atoms with E-state index in [2.05, 4.69) is 0 Å². The van der Waals surface area contributed by atoms with Gasteiger partial charge >= 0.3 is 0 Å². The van der Waals surface area contributed by atoms with Crippen molar-refractivity contribution in [3.63, 3.8) is 0 Å². The number of hydrogen-bond acceptors (Lipinski definition) is 5. The molecule has 4 rings (SSSR count). The van der Waals surface area contributed by atoms with Crippen molar-refractivity contribution < 1.29 is 9.72 Å². The molecule has 0 spiro atoms. The van der Waals surface area contributed by atoms with Crippen LogP contribution in [0.15, 0.2) is 48.5 Å². The van der Waals surface area contributed by atoms with Gasteiger partial charge in [-0.15, -0.1) is 0 Å². The van der Waals surface area contributed by atoms with Gasteiger partial charge in [0.2, 0.25) is 0 Å². The zero-order valence-electron chi connectivity index (χ0n) is 15.7. The predicted molar refractivity (Wildman–Crippen MR) is 108 cm³/mol. The molecule has 0 aliphatic carbocycles. The van der Waals surface area contributed by atoms with E-state index in [0.29, 0.717) is 24.3 Å². The van der Waals surface area contributed by atoms with Gasteiger partial charge in [0.15, 0.2) is 0 Å². The summed E-state index contributed by atoms with van der Waals surface area (Å²) in [5, 5.41) is 11.6. The number of amides is 1. The lowest BCUT2D eigenvalue weighted by Gasteiger charge is -2.19. The number of nitrogens with two attached hydrogens (primary N) is 1. The Hall–Kier alpha value is -2.93. The van der Waals surface area contributed by atoms with Gasteiger partial charge in [0, 0.05) is 49.8 Å². The molecule has 2 aliphatic rings. The highest BCUT2D eigenvalue weighted by molar-refractivity contribution is 5.96. The first-order chi connectivity index (χ1) is 13.5. The van der Waals surface area contributed by atoms with E-state index in [1.807, 2.05) is 35.2 Å². The molecule has 146 valence electrons. The van der Waals surface area contributed by atoms with Gasteiger partial charge in [-0.1, -0.05) is 30.3 Å². The van der Waals surface area contributed by atoms with Crippen LogP contribution in [0.4, 0.5) is 11.4 Å². The summed E-state index contributed by atoms with van der Waals surface area (Å²) >= 11 is 0. The lowest BCUT2D eigenvalue weighted by Crippen LogP contribution is -2.32. The quantitative estimate of drug-likeness (QED) is 0.650. The van der Waals surface area contributed by atoms with E-state index in [4.69, 9.17) is 5.73 Å². The summed E-state index contributed by atoms with van der Waals surface area (Å²) < 4.78 is 0. The van der Waals surface area contributed by atoms with Gasteiger partial charge < -0.3 is 15.5 Å². The van der Waals surface area contributed by atoms with Gasteiger partial charge in [0.25, 0.3) is 11.6 Å². The first kappa shape index (κ1) is 18.4. The fourth-order valence-corrected chi connectivity index (χ4v) is 4.26. The Balaban J connectivity index is 1.56. The van der Waals surface area contributed by atoms with Crippen LogP contribution in [-0.2, 0) is 0 Å². The van der Waals surface area contributed by atoms with Crippen LogP contribution in [0.25, 0.3) is 0 Å². The Morgan fingerprint density at radius 3 is 2.46 bits per heavy atom. The second-order valence-corrected chi connectivity index (χ2v) is 7.55. The molecular formula is C21H24N4O3. The van der Waals surface area contributed by atoms with Crippen LogP contribution in [0, 0.1) is 10.1 Å². The molecule has 28 heavy (non-hydrogen) atoms. The minimum atomic E-state index is -0.396. The molecule has 7 heteroatoms. The Kier molecular flexibility index (Phi) is 5.00. The molecule has 2 aromatic carbocycles. The number of rotatable bonds is 4. The molecule has 2 saturated heterocycles. The third-order valence-corrected chi connectivity index (χ3v) is 5.75. The molecular weight excluding hydrogens is 356 g/mol. The highest BCUT2D eigenvalue weighted by Crippen LogP contribution is 2.33. The van der Waals surface area contributed by atoms with E-state index in [9.17, 15) is 14.9 Å². The third-order valence-electron chi connectivity index (χ3n) is 5.75. The van der Waals surface area contributed by atoms with Crippen molar-refractivity contribution in [1.82, 2.24) is 4.90 Å². The van der Waals surface area contributed by atoms with Crippen molar-refractivity contribution in [2.24, 2.45) is 5.73 Å². The Bertz CT molecular complexity index is 880. The zero-order chi connectivity index (χ0) is 19.7. The summed E-state index contributed by atoms with van der Waals surface area (Å²) in [6, 6.07) is 14.6. The van der Waals surface area contributed by atoms with Crippen molar-refractivity contribution >= 4 is 17.3 Å². The Morgan fingerprint density at radius 1 is 1.07 bits per heavy atom. The van der Waals surface area contributed by atoms with Gasteiger partial charge in [-0.25, -0.2) is 0 Å². The Labute approximate surface area is 163 Å². The predicted octanol–water partition coefficient (Wildman–Crippen LogP) is 2.76. The molecule has 2 aromatic rings. The average Bonchev–Trinajstić information content (AvgIpc) is 3.37. The van der Waals surface area contributed by atoms with E-state index < -0.39 is 4.92 Å². The van der Waals surface area contributed by atoms with Crippen LogP contribution in [0.5, 0.6) is 0 Å². The lowest BCUT2D eigenvalue weighted by atomic mass is 9.95. The fourth-order valence-electron chi connectivity index (χ4n) is 4.26. The second-order valence-electron chi connectivity index (χ2n) is 7.55. The molecule has 1 amide bonds. The first-order valence-electron chi connectivity index (χ1n) is 9.68. The zero-order valence-corrected chi connectivity index (χ0v) is 15.7. The molecule has 2 atom stereocenters. The molecule has 2 N–H and O–H groups in total. The summed E-state index contributed by atoms with van der Waals surface area (Å²) in [6.07, 6.45) is 2.06. The standard InChI is InChI=1S/C21H24N4O3/c22-18-14-24(13-17(18)15-6-2-1-3-7-15)21(26)16-8-9-19(20(12-16)25(27)28)23-10-4-5-11-23/h1-3,6-9,12,17-18H,4-5,10-11,13-14,22H2/t17-,18+/m0/s1. The number of nitro groups is 1. The van der Waals surface area contributed by atoms with Crippen LogP contribution in [0.1, 0.15) is 34.7 Å². The number of benzene rings is 2. The number of carbonyl (C=O) groups excluding carboxylic acids is 1. The summed E-state index contributed by atoms with van der Waals surface area (Å²) in [6.45, 7) is 2.59. The topological polar surface area (TPSA) is 92.7 Å². The van der Waals surface area contributed by atoms with E-state index in [0.717, 1.165) is 31.5 Å². The minimum Gasteiger partial charge on any atom is -0.366 e. The SMILES string of the molecule is N[C@@H]1CN(C(=O)c2ccc(N3CCCC3)c([N+](=O)[O-])c2)C[C@H]1c1ccccc1. The molecule has 0 unspecified atom stereocenters. The molecule has 2 aliphatic heterocycles. The normalized spacial score (nSPS) is 21.9. The van der Waals surface area contributed by atoms with Crippen LogP contribution < -0.4 is 10.6 Å². The number of carbonyl (C=O) groups is 1. The van der Waals surface area contributed by atoms with Crippen molar-refractivity contribution in [3.05, 3.63) is 69.8 Å². The van der Waals surface area contributed by atoms with Crippen LogP contribution in [0.3, 0.4) is 0 Å². The molecule has 0 saturated carbocycles. The number of hydrogen-bond donors (Lipinski definition) is 1. The van der Waals surface area contributed by atoms with Crippen LogP contribution >= 0.6 is 0 Å². The summed E-state index contributed by atoms with van der Waals surface area (Å²) in [5.74, 6) is -0.131. The van der Waals surface area contributed by atoms with Crippen molar-refractivity contribution in [2.45, 2.75) is 24.8 Å². The number of nitro benzene ring substituents is 1. The molecule has 7 nitrogen and oxygen atoms in total. The van der Waals surface area contributed by atoms with Crippen molar-refractivity contribution in [2.75, 3.05) is 31.1 Å². The second kappa shape index (κ2) is 7.59. The third kappa shape index (κ3) is 3.45. The largest absolute Gasteiger partial charge is 0.366 e. The maximum absolute atomic E-state index is 13.0. The smallest absolute Gasteiger partial charge is 0.293 e. The van der Waals surface area contributed by atoms with Crippen LogP contribution in [-0.4, -0.2) is 48.0 Å². The maximum Gasteiger partial charge on any atom is 0.293 e. The maximum atomic E-state index is 13.0. The summed E-state index contributed by atoms with van der Waals surface area (Å²) in [7, 11) is 0. The average molecular weight is 380 g/mol. The van der Waals surface area contributed by atoms with Crippen molar-refractivity contribution in [1.29, 1.82) is 0 Å². The van der Waals surface area contributed by atoms with Gasteiger partial charge in [-0.05, 0) is 30.5 Å². The highest BCUT2D eigenvalue weighted by Gasteiger charge is 2.35. The molecule has 2 heterocycles. The van der Waals surface area contributed by atoms with E-state index in [-0.39, 0.29) is 23.6 Å². The highest BCUT2D eigenvalue weighted by atomic mass is 16.6. The monoisotopic (exact) mass is 380 g/mol. The van der Waals surface area contributed by atoms with Crippen molar-refractivity contribution in [3.8, 4) is 0 Å². The van der Waals surface area contributed by atoms with Gasteiger partial charge in [0.1, 0.15) is 5.69 Å². The summed E-state index contributed by atoms with van der Waals surface area (Å²) in [4.78, 5) is 27.9. The van der Waals surface area contributed by atoms with Gasteiger partial charge in [-0.3, -0.25) is 14.9 Å². The molecule has 2 fully saturated rings. The molecule has 0 aromatic heterocycles. The van der Waals surface area contributed by atoms with E-state index >= 15 is 0 Å². The van der Waals surface area contributed by atoms with E-state index in [1.54, 1.807) is 17.0 Å². The lowest BCUT2D eigenvalue weighted by molar-refractivity contribution is -0.384. The number of likely N-dealkylation sites (tertiary alicyclic amines) is 1. The van der Waals surface area contributed by atoms with Crippen LogP contribution in [0.2, 0.25) is 0 Å². The molecule has 0 bridgehead atoms. The number of anilines is 1. The minimum absolute atomic E-state index is 0.00384. The van der Waals surface area contributed by atoms with E-state index in [1.165, 1.54) is 6.07 Å². The van der Waals surface area contributed by atoms with Gasteiger partial charge in [-0.2, -0.15) is 0 Å². The number of nitrogens with zero attached hydrogens (tertiary/aromatic N) is 3. The fraction of sp³-hybridized carbons (Fsp3) is 0.381. The van der Waals surface area contributed by atoms with Gasteiger partial charge in [0.05, 0.1) is 4.92 Å². The molecule has 0 radical (unpaired) electrons. The Morgan fingerprint density at radius 2 is 1.79 bits per heavy atom.